The number of carbonyl (C=O) groups excluding carboxylic acids is 2. The molecule has 4 rings (SSSR count). The number of benzene rings is 2. The highest BCUT2D eigenvalue weighted by Crippen LogP contribution is 2.39. The molecule has 2 aliphatic rings. The average Bonchev–Trinajstić information content (AvgIpc) is 3.43. The summed E-state index contributed by atoms with van der Waals surface area (Å²) in [6.45, 7) is 0.890. The zero-order chi connectivity index (χ0) is 24.9. The Kier molecular flexibility index (Phi) is 8.42. The van der Waals surface area contributed by atoms with Crippen LogP contribution in [0.1, 0.15) is 18.4 Å². The van der Waals surface area contributed by atoms with Crippen LogP contribution in [0.25, 0.3) is 6.08 Å². The van der Waals surface area contributed by atoms with Gasteiger partial charge in [0.25, 0.3) is 11.8 Å². The van der Waals surface area contributed by atoms with Gasteiger partial charge >= 0.3 is 0 Å². The Labute approximate surface area is 220 Å². The van der Waals surface area contributed by atoms with Gasteiger partial charge < -0.3 is 19.5 Å². The van der Waals surface area contributed by atoms with Gasteiger partial charge in [-0.3, -0.25) is 14.5 Å². The fraction of sp³-hybridized carbons (Fsp3) is 0.292. The maximum atomic E-state index is 13.0. The van der Waals surface area contributed by atoms with Crippen LogP contribution in [0.2, 0.25) is 0 Å². The van der Waals surface area contributed by atoms with Gasteiger partial charge in [0.05, 0.1) is 29.1 Å². The number of thiocarbonyl (C=S) groups is 1. The SMILES string of the molecule is COc1cc(/C=C2\SC(=S)N(C[C@@H]3CCCO3)C2=O)cc(Br)c1OCC(=O)Nc1ccc(F)cc1. The molecule has 2 heterocycles. The number of ether oxygens (including phenoxy) is 3. The molecule has 0 aromatic heterocycles. The van der Waals surface area contributed by atoms with Gasteiger partial charge in [0.2, 0.25) is 0 Å². The molecular weight excluding hydrogens is 559 g/mol. The Morgan fingerprint density at radius 2 is 2.14 bits per heavy atom. The summed E-state index contributed by atoms with van der Waals surface area (Å²) in [6.07, 6.45) is 3.67. The highest BCUT2D eigenvalue weighted by atomic mass is 79.9. The second-order valence-corrected chi connectivity index (χ2v) is 10.3. The van der Waals surface area contributed by atoms with Crippen LogP contribution < -0.4 is 14.8 Å². The first kappa shape index (κ1) is 25.6. The molecule has 0 aliphatic carbocycles. The van der Waals surface area contributed by atoms with Crippen molar-refractivity contribution in [2.75, 3.05) is 32.2 Å². The Bertz CT molecular complexity index is 1170. The van der Waals surface area contributed by atoms with E-state index in [0.717, 1.165) is 12.8 Å². The molecular formula is C24H22BrFN2O5S2. The minimum Gasteiger partial charge on any atom is -0.493 e. The van der Waals surface area contributed by atoms with Crippen LogP contribution in [0, 0.1) is 5.82 Å². The molecule has 2 fully saturated rings. The molecule has 2 aromatic rings. The third-order valence-corrected chi connectivity index (χ3v) is 7.28. The summed E-state index contributed by atoms with van der Waals surface area (Å²) in [5.41, 5.74) is 1.16. The van der Waals surface area contributed by atoms with Crippen molar-refractivity contribution in [3.63, 3.8) is 0 Å². The molecule has 2 saturated heterocycles. The van der Waals surface area contributed by atoms with Crippen LogP contribution in [0.3, 0.4) is 0 Å². The van der Waals surface area contributed by atoms with E-state index in [9.17, 15) is 14.0 Å². The second-order valence-electron chi connectivity index (χ2n) is 7.81. The maximum Gasteiger partial charge on any atom is 0.266 e. The van der Waals surface area contributed by atoms with Gasteiger partial charge in [0, 0.05) is 12.3 Å². The Morgan fingerprint density at radius 3 is 2.83 bits per heavy atom. The van der Waals surface area contributed by atoms with Crippen molar-refractivity contribution >= 4 is 67.8 Å². The minimum atomic E-state index is -0.412. The lowest BCUT2D eigenvalue weighted by Gasteiger charge is -2.18. The first-order chi connectivity index (χ1) is 16.8. The van der Waals surface area contributed by atoms with E-state index in [0.29, 0.717) is 49.6 Å². The van der Waals surface area contributed by atoms with Crippen LogP contribution in [-0.4, -0.2) is 54.0 Å². The van der Waals surface area contributed by atoms with E-state index in [4.69, 9.17) is 26.4 Å². The molecule has 2 aliphatic heterocycles. The zero-order valence-electron chi connectivity index (χ0n) is 18.7. The molecule has 0 saturated carbocycles. The third-order valence-electron chi connectivity index (χ3n) is 5.31. The number of carbonyl (C=O) groups is 2. The predicted molar refractivity (Wildman–Crippen MR) is 140 cm³/mol. The normalized spacial score (nSPS) is 18.9. The van der Waals surface area contributed by atoms with Crippen molar-refractivity contribution in [2.45, 2.75) is 18.9 Å². The molecule has 2 aromatic carbocycles. The minimum absolute atomic E-state index is 0.0165. The lowest BCUT2D eigenvalue weighted by atomic mass is 10.1. The molecule has 0 spiro atoms. The molecule has 184 valence electrons. The number of rotatable bonds is 8. The molecule has 1 atom stereocenters. The number of methoxy groups -OCH3 is 1. The number of nitrogens with one attached hydrogen (secondary N) is 1. The zero-order valence-corrected chi connectivity index (χ0v) is 21.9. The van der Waals surface area contributed by atoms with Gasteiger partial charge in [0.1, 0.15) is 10.1 Å². The third kappa shape index (κ3) is 6.40. The first-order valence-electron chi connectivity index (χ1n) is 10.8. The van der Waals surface area contributed by atoms with Crippen LogP contribution in [-0.2, 0) is 14.3 Å². The van der Waals surface area contributed by atoms with Crippen molar-refractivity contribution in [1.29, 1.82) is 0 Å². The van der Waals surface area contributed by atoms with E-state index >= 15 is 0 Å². The van der Waals surface area contributed by atoms with Gasteiger partial charge in [0.15, 0.2) is 18.1 Å². The Balaban J connectivity index is 1.44. The number of halogens is 2. The molecule has 2 amide bonds. The van der Waals surface area contributed by atoms with E-state index in [1.807, 2.05) is 0 Å². The van der Waals surface area contributed by atoms with Gasteiger partial charge in [-0.1, -0.05) is 24.0 Å². The monoisotopic (exact) mass is 580 g/mol. The highest BCUT2D eigenvalue weighted by molar-refractivity contribution is 9.10. The quantitative estimate of drug-likeness (QED) is 0.348. The van der Waals surface area contributed by atoms with Crippen LogP contribution in [0.5, 0.6) is 11.5 Å². The molecule has 7 nitrogen and oxygen atoms in total. The van der Waals surface area contributed by atoms with E-state index in [1.54, 1.807) is 23.1 Å². The fourth-order valence-electron chi connectivity index (χ4n) is 3.63. The molecule has 1 N–H and O–H groups in total. The maximum absolute atomic E-state index is 13.0. The van der Waals surface area contributed by atoms with E-state index in [-0.39, 0.29) is 18.6 Å². The smallest absolute Gasteiger partial charge is 0.266 e. The summed E-state index contributed by atoms with van der Waals surface area (Å²) in [6, 6.07) is 8.91. The number of hydrogen-bond donors (Lipinski definition) is 1. The summed E-state index contributed by atoms with van der Waals surface area (Å²) in [4.78, 5) is 27.3. The molecule has 0 bridgehead atoms. The van der Waals surface area contributed by atoms with E-state index in [1.165, 1.54) is 43.1 Å². The standard InChI is InChI=1S/C24H22BrFN2O5S2/c1-31-19-10-14(11-20-23(30)28(24(34)35-20)12-17-3-2-8-32-17)9-18(25)22(19)33-13-21(29)27-16-6-4-15(26)5-7-16/h4-7,9-11,17H,2-3,8,12-13H2,1H3,(H,27,29)/b20-11-/t17-/m0/s1. The Hall–Kier alpha value is -2.47. The van der Waals surface area contributed by atoms with Crippen molar-refractivity contribution in [3.05, 3.63) is 57.2 Å². The predicted octanol–water partition coefficient (Wildman–Crippen LogP) is 4.99. The number of nitrogens with zero attached hydrogens (tertiary/aromatic N) is 1. The lowest BCUT2D eigenvalue weighted by Crippen LogP contribution is -2.35. The van der Waals surface area contributed by atoms with Crippen molar-refractivity contribution < 1.29 is 28.2 Å². The summed E-state index contributed by atoms with van der Waals surface area (Å²) < 4.78 is 30.9. The highest BCUT2D eigenvalue weighted by Gasteiger charge is 2.34. The van der Waals surface area contributed by atoms with Crippen molar-refractivity contribution in [3.8, 4) is 11.5 Å². The van der Waals surface area contributed by atoms with Crippen molar-refractivity contribution in [2.24, 2.45) is 0 Å². The van der Waals surface area contributed by atoms with Crippen molar-refractivity contribution in [1.82, 2.24) is 4.90 Å². The Morgan fingerprint density at radius 1 is 1.37 bits per heavy atom. The van der Waals surface area contributed by atoms with Gasteiger partial charge in [-0.2, -0.15) is 0 Å². The summed E-state index contributed by atoms with van der Waals surface area (Å²) >= 11 is 10.1. The van der Waals surface area contributed by atoms with Crippen LogP contribution >= 0.6 is 39.9 Å². The average molecular weight is 581 g/mol. The summed E-state index contributed by atoms with van der Waals surface area (Å²) in [5.74, 6) is -0.231. The van der Waals surface area contributed by atoms with Gasteiger partial charge in [-0.15, -0.1) is 0 Å². The molecule has 11 heteroatoms. The summed E-state index contributed by atoms with van der Waals surface area (Å²) in [7, 11) is 1.48. The van der Waals surface area contributed by atoms with Crippen LogP contribution in [0.4, 0.5) is 10.1 Å². The number of thioether (sulfide) groups is 1. The first-order valence-corrected chi connectivity index (χ1v) is 12.8. The van der Waals surface area contributed by atoms with E-state index < -0.39 is 11.7 Å². The topological polar surface area (TPSA) is 77.1 Å². The number of anilines is 1. The number of amides is 2. The molecule has 0 unspecified atom stereocenters. The van der Waals surface area contributed by atoms with Gasteiger partial charge in [-0.05, 0) is 76.8 Å². The van der Waals surface area contributed by atoms with E-state index in [2.05, 4.69) is 21.2 Å². The number of hydrogen-bond acceptors (Lipinski definition) is 7. The van der Waals surface area contributed by atoms with Gasteiger partial charge in [-0.25, -0.2) is 4.39 Å². The largest absolute Gasteiger partial charge is 0.493 e. The van der Waals surface area contributed by atoms with Crippen LogP contribution in [0.15, 0.2) is 45.8 Å². The molecule has 0 radical (unpaired) electrons. The molecule has 35 heavy (non-hydrogen) atoms. The second kappa shape index (κ2) is 11.5. The lowest BCUT2D eigenvalue weighted by molar-refractivity contribution is -0.123. The summed E-state index contributed by atoms with van der Waals surface area (Å²) in [5, 5.41) is 2.63. The fourth-order valence-corrected chi connectivity index (χ4v) is 5.48.